The van der Waals surface area contributed by atoms with Crippen molar-refractivity contribution in [3.05, 3.63) is 278 Å². The van der Waals surface area contributed by atoms with Gasteiger partial charge in [0, 0.05) is 158 Å². The first kappa shape index (κ1) is 104. The predicted octanol–water partition coefficient (Wildman–Crippen LogP) is 28.6. The average Bonchev–Trinajstić information content (AvgIpc) is 0.752. The van der Waals surface area contributed by atoms with Gasteiger partial charge in [0.15, 0.2) is 17.3 Å². The summed E-state index contributed by atoms with van der Waals surface area (Å²) in [5.41, 5.74) is 2.56. The Balaban J connectivity index is 0.000000268. The normalized spacial score (nSPS) is 11.8. The van der Waals surface area contributed by atoms with Crippen molar-refractivity contribution in [2.75, 3.05) is 0 Å². The van der Waals surface area contributed by atoms with Crippen molar-refractivity contribution in [2.45, 2.75) is 201 Å². The molecule has 0 aliphatic rings. The monoisotopic (exact) mass is 2210 g/mol. The summed E-state index contributed by atoms with van der Waals surface area (Å²) in [6, 6.07) is 62.3. The summed E-state index contributed by atoms with van der Waals surface area (Å²) in [6.45, 7) is 38.5. The minimum absolute atomic E-state index is 0. The molecule has 3 radical (unpaired) electrons. The van der Waals surface area contributed by atoms with Crippen molar-refractivity contribution in [1.82, 2.24) is 29.9 Å². The second kappa shape index (κ2) is 49.0. The van der Waals surface area contributed by atoms with Crippen LogP contribution < -0.4 is 14.2 Å². The Kier molecular flexibility index (Phi) is 41.3. The molecule has 7 aromatic carbocycles. The zero-order valence-electron chi connectivity index (χ0n) is 75.0. The standard InChI is InChI=1S/C24H15N2O.C22H19N2O.C18H10FN2O.C15H28O2.2C13H24O2.3Ir/c1-2-4-17(5-3-1)18-6-8-21-19(16-18)7-9-23-22(21)12-15-26-24(23)27-20-10-13-25-14-11-20;1-22(2,3)20-8-4-7-16-17-11-13-24-21(19(17)10-9-18(16)20)25-15-6-5-12-23-14-15;19-16-5-3-4-12-13-9-11-21-18(15(13)8-7-14(12)16)22-17-6-1-2-10-20-17;1-7-14(5,8-2)12(16)11-13(17)15(6,9-3)10-4;1-7-12(3,4)10(14)9-11(15)13(5,6)8-2;1-5-10(6-2)12(14)9-13(15)11(7-3)8-4;;;/h1-10,12-16H;4-5,7-14H,1-3H3;1-5,7-11H;11,16H,7-10H2,1-6H3;9,14H,7-8H2,1-6H3;9-11,14H,5-8H2,1-4H3;;;/q3*-1;;;;;;. The SMILES string of the molecule is CC(C)(C)c1cccc2c1ccc1c(Oc3[c-]ccnc3)nccc12.CCC(C)(C)C(=O)C=C(O)C(C)(C)CC.CCC(C)(CC)C(=O)C=C(O)C(C)(CC)CC.CCC(CC)C(=O)C=C(O)C(CC)CC.Fc1cccc2c1ccc1c(Oc3[c-]cccn3)nccc12.[Ir].[Ir].[Ir].[c-]1cnccc1Oc1nccc2c1ccc1cc(-c3ccccc3)ccc12. The zero-order valence-corrected chi connectivity index (χ0v) is 82.2. The number of aromatic nitrogens is 6. The second-order valence-electron chi connectivity index (χ2n) is 33.0. The molecule has 124 heavy (non-hydrogen) atoms. The minimum Gasteiger partial charge on any atom is -0.512 e. The van der Waals surface area contributed by atoms with Gasteiger partial charge in [-0.05, 0) is 190 Å². The van der Waals surface area contributed by atoms with E-state index < -0.39 is 0 Å². The van der Waals surface area contributed by atoms with Gasteiger partial charge in [0.25, 0.3) is 0 Å². The number of fused-ring (bicyclic) bond motifs is 9. The number of pyridine rings is 6. The van der Waals surface area contributed by atoms with Crippen molar-refractivity contribution < 1.29 is 109 Å². The molecule has 0 aliphatic heterocycles. The van der Waals surface area contributed by atoms with Crippen LogP contribution in [0, 0.1) is 57.5 Å². The van der Waals surface area contributed by atoms with Crippen LogP contribution in [-0.4, -0.2) is 62.6 Å². The van der Waals surface area contributed by atoms with Crippen LogP contribution in [0.1, 0.15) is 201 Å². The number of halogens is 1. The van der Waals surface area contributed by atoms with Crippen molar-refractivity contribution in [2.24, 2.45) is 33.5 Å². The number of aliphatic hydroxyl groups is 3. The summed E-state index contributed by atoms with van der Waals surface area (Å²) in [5.74, 6) is 3.88. The molecular formula is C105H120FIr3N6O9-3. The summed E-state index contributed by atoms with van der Waals surface area (Å²) in [6.07, 6.45) is 26.1. The van der Waals surface area contributed by atoms with Gasteiger partial charge in [-0.3, -0.25) is 19.4 Å². The Morgan fingerprint density at radius 3 is 1.43 bits per heavy atom. The van der Waals surface area contributed by atoms with E-state index in [-0.39, 0.29) is 140 Å². The maximum Gasteiger partial charge on any atom is 0.227 e. The fraction of sp³-hybridized carbons (Fsp3) is 0.343. The van der Waals surface area contributed by atoms with Gasteiger partial charge >= 0.3 is 0 Å². The molecule has 0 aliphatic carbocycles. The summed E-state index contributed by atoms with van der Waals surface area (Å²) in [4.78, 5) is 60.9. The second-order valence-corrected chi connectivity index (χ2v) is 33.0. The van der Waals surface area contributed by atoms with Gasteiger partial charge in [-0.1, -0.05) is 247 Å². The Morgan fingerprint density at radius 2 is 0.911 bits per heavy atom. The zero-order chi connectivity index (χ0) is 88.2. The summed E-state index contributed by atoms with van der Waals surface area (Å²) >= 11 is 0. The third kappa shape index (κ3) is 27.5. The number of carbonyl (C=O) groups excluding carboxylic acids is 3. The quantitative estimate of drug-likeness (QED) is 0.0199. The molecule has 15 nitrogen and oxygen atoms in total. The molecule has 0 spiro atoms. The fourth-order valence-corrected chi connectivity index (χ4v) is 13.4. The van der Waals surface area contributed by atoms with Crippen LogP contribution in [0.2, 0.25) is 0 Å². The molecule has 0 saturated heterocycles. The Bertz CT molecular complexity index is 5690. The number of hydrogen-bond acceptors (Lipinski definition) is 15. The van der Waals surface area contributed by atoms with Crippen LogP contribution in [0.5, 0.6) is 35.0 Å². The third-order valence-corrected chi connectivity index (χ3v) is 23.6. The minimum atomic E-state index is -0.377. The molecule has 19 heteroatoms. The van der Waals surface area contributed by atoms with E-state index in [1.165, 1.54) is 62.5 Å². The third-order valence-electron chi connectivity index (χ3n) is 23.6. The van der Waals surface area contributed by atoms with Gasteiger partial charge in [-0.15, -0.1) is 6.07 Å². The molecule has 0 atom stereocenters. The van der Waals surface area contributed by atoms with E-state index in [1.807, 2.05) is 147 Å². The molecule has 0 saturated carbocycles. The molecule has 0 bridgehead atoms. The number of ketones is 3. The molecule has 3 N–H and O–H groups in total. The first-order valence-electron chi connectivity index (χ1n) is 42.3. The number of benzene rings is 7. The number of ether oxygens (including phenoxy) is 3. The molecule has 13 rings (SSSR count). The van der Waals surface area contributed by atoms with E-state index in [9.17, 15) is 34.1 Å². The number of carbonyl (C=O) groups is 3. The Morgan fingerprint density at radius 1 is 0.403 bits per heavy atom. The molecule has 0 unspecified atom stereocenters. The summed E-state index contributed by atoms with van der Waals surface area (Å²) in [5, 5.41) is 41.9. The summed E-state index contributed by atoms with van der Waals surface area (Å²) < 4.78 is 31.4. The maximum absolute atomic E-state index is 13.9. The topological polar surface area (TPSA) is 217 Å². The molecule has 661 valence electrons. The van der Waals surface area contributed by atoms with Crippen LogP contribution in [0.15, 0.2) is 249 Å². The van der Waals surface area contributed by atoms with Gasteiger partial charge in [0.05, 0.1) is 5.76 Å². The van der Waals surface area contributed by atoms with Gasteiger partial charge in [0.2, 0.25) is 17.6 Å². The van der Waals surface area contributed by atoms with Crippen LogP contribution in [0.4, 0.5) is 4.39 Å². The number of nitrogens with zero attached hydrogens (tertiary/aromatic N) is 6. The van der Waals surface area contributed by atoms with E-state index in [0.717, 1.165) is 102 Å². The smallest absolute Gasteiger partial charge is 0.227 e. The number of rotatable bonds is 26. The van der Waals surface area contributed by atoms with E-state index in [0.29, 0.717) is 40.4 Å². The summed E-state index contributed by atoms with van der Waals surface area (Å²) in [7, 11) is 0. The van der Waals surface area contributed by atoms with Crippen LogP contribution >= 0.6 is 0 Å². The number of hydrogen-bond donors (Lipinski definition) is 3. The van der Waals surface area contributed by atoms with Crippen molar-refractivity contribution in [3.8, 4) is 46.1 Å². The molecule has 0 amide bonds. The number of allylic oxidation sites excluding steroid dienone is 6. The average molecular weight is 2210 g/mol. The van der Waals surface area contributed by atoms with Crippen LogP contribution in [0.3, 0.4) is 0 Å². The maximum atomic E-state index is 13.9. The largest absolute Gasteiger partial charge is 0.512 e. The molecular weight excluding hydrogens is 2080 g/mol. The van der Waals surface area contributed by atoms with Gasteiger partial charge in [0.1, 0.15) is 23.2 Å². The van der Waals surface area contributed by atoms with Crippen molar-refractivity contribution in [1.29, 1.82) is 0 Å². The van der Waals surface area contributed by atoms with Crippen molar-refractivity contribution >= 4 is 82.0 Å². The molecule has 6 heterocycles. The molecule has 6 aromatic heterocycles. The van der Waals surface area contributed by atoms with Gasteiger partial charge in [-0.25, -0.2) is 25.4 Å². The van der Waals surface area contributed by atoms with E-state index in [4.69, 9.17) is 14.2 Å². The molecule has 0 fully saturated rings. The predicted molar refractivity (Wildman–Crippen MR) is 492 cm³/mol. The van der Waals surface area contributed by atoms with E-state index >= 15 is 0 Å². The van der Waals surface area contributed by atoms with E-state index in [1.54, 1.807) is 86.0 Å². The van der Waals surface area contributed by atoms with Crippen LogP contribution in [0.25, 0.3) is 75.8 Å². The van der Waals surface area contributed by atoms with E-state index in [2.05, 4.69) is 154 Å². The Labute approximate surface area is 773 Å². The van der Waals surface area contributed by atoms with Crippen molar-refractivity contribution in [3.63, 3.8) is 0 Å². The first-order chi connectivity index (χ1) is 57.8. The van der Waals surface area contributed by atoms with Gasteiger partial charge < -0.3 is 39.5 Å². The van der Waals surface area contributed by atoms with Crippen LogP contribution in [-0.2, 0) is 80.1 Å². The van der Waals surface area contributed by atoms with Gasteiger partial charge in [-0.2, -0.15) is 30.3 Å². The Hall–Kier alpha value is -10.1. The first-order valence-corrected chi connectivity index (χ1v) is 42.3. The fourth-order valence-electron chi connectivity index (χ4n) is 13.4. The number of aliphatic hydroxyl groups excluding tert-OH is 3. The molecule has 13 aromatic rings.